The van der Waals surface area contributed by atoms with E-state index in [1.807, 2.05) is 0 Å². The van der Waals surface area contributed by atoms with Gasteiger partial charge in [-0.25, -0.2) is 14.4 Å². The van der Waals surface area contributed by atoms with Gasteiger partial charge >= 0.3 is 23.7 Å². The second-order valence-corrected chi connectivity index (χ2v) is 8.80. The predicted octanol–water partition coefficient (Wildman–Crippen LogP) is 2.89. The number of aryl methyl sites for hydroxylation is 1. The van der Waals surface area contributed by atoms with Gasteiger partial charge in [-0.05, 0) is 65.2 Å². The minimum absolute atomic E-state index is 0.187. The minimum atomic E-state index is -1.11. The number of carboxylic acids is 1. The van der Waals surface area contributed by atoms with Gasteiger partial charge in [0.15, 0.2) is 0 Å². The molecule has 186 valence electrons. The Labute approximate surface area is 196 Å². The highest BCUT2D eigenvalue weighted by Gasteiger charge is 2.19. The molecule has 2 heterocycles. The molecular weight excluding hydrogens is 446 g/mol. The molecule has 0 bridgehead atoms. The van der Waals surface area contributed by atoms with Gasteiger partial charge in [-0.15, -0.1) is 0 Å². The van der Waals surface area contributed by atoms with Crippen molar-refractivity contribution in [2.45, 2.75) is 59.1 Å². The molecule has 0 aliphatic carbocycles. The summed E-state index contributed by atoms with van der Waals surface area (Å²) in [6.07, 6.45) is 1.58. The number of amides is 3. The normalized spacial score (nSPS) is 14.1. The van der Waals surface area contributed by atoms with E-state index in [1.165, 1.54) is 13.0 Å². The van der Waals surface area contributed by atoms with Gasteiger partial charge < -0.3 is 30.2 Å². The number of nitrogens with zero attached hydrogens (tertiary/aromatic N) is 2. The molecule has 2 aromatic rings. The number of nitrogens with one attached hydrogen (secondary N) is 2. The summed E-state index contributed by atoms with van der Waals surface area (Å²) in [5, 5.41) is 14.2. The molecule has 1 saturated heterocycles. The maximum Gasteiger partial charge on any atom is 0.412 e. The number of benzene rings is 1. The number of aromatic nitrogens is 1. The Kier molecular flexibility index (Phi) is 8.44. The molecule has 12 nitrogen and oxygen atoms in total. The average molecular weight is 478 g/mol. The number of anilines is 2. The van der Waals surface area contributed by atoms with Gasteiger partial charge in [0.05, 0.1) is 10.9 Å². The van der Waals surface area contributed by atoms with E-state index < -0.39 is 29.3 Å². The standard InChI is InChI=1S/C17H21N3O6.C5H10N2O/c1-8-10(20-16(24)26-17(3,4)5)6-7-11-12(8)14(23)25-15(19-11)18-9(2)13(21)22;6-5(8)7-3-1-2-4-7/h6-7,9H,1-5H3,(H,18,19)(H,20,24)(H,21,22);1-4H2,(H2,6,8)/t9-;/m0./s1. The lowest BCUT2D eigenvalue weighted by atomic mass is 10.1. The highest BCUT2D eigenvalue weighted by Crippen LogP contribution is 2.24. The lowest BCUT2D eigenvalue weighted by molar-refractivity contribution is -0.137. The number of likely N-dealkylation sites (tertiary alicyclic amines) is 1. The molecule has 1 aliphatic heterocycles. The first kappa shape index (κ1) is 26.4. The number of primary amides is 1. The Morgan fingerprint density at radius 1 is 1.24 bits per heavy atom. The van der Waals surface area contributed by atoms with Crippen LogP contribution in [0.3, 0.4) is 0 Å². The summed E-state index contributed by atoms with van der Waals surface area (Å²) in [4.78, 5) is 51.2. The first-order valence-corrected chi connectivity index (χ1v) is 10.8. The average Bonchev–Trinajstić information content (AvgIpc) is 3.24. The smallest absolute Gasteiger partial charge is 0.412 e. The zero-order valence-corrected chi connectivity index (χ0v) is 19.9. The highest BCUT2D eigenvalue weighted by atomic mass is 16.6. The molecule has 0 unspecified atom stereocenters. The number of aliphatic carboxylic acids is 1. The summed E-state index contributed by atoms with van der Waals surface area (Å²) in [6, 6.07) is 1.67. The van der Waals surface area contributed by atoms with Crippen LogP contribution in [0.4, 0.5) is 21.3 Å². The van der Waals surface area contributed by atoms with Crippen molar-refractivity contribution >= 4 is 40.7 Å². The highest BCUT2D eigenvalue weighted by molar-refractivity contribution is 5.93. The first-order valence-electron chi connectivity index (χ1n) is 10.8. The maximum absolute atomic E-state index is 12.3. The van der Waals surface area contributed by atoms with Crippen molar-refractivity contribution in [3.8, 4) is 0 Å². The fourth-order valence-corrected chi connectivity index (χ4v) is 3.11. The fourth-order valence-electron chi connectivity index (χ4n) is 3.11. The van der Waals surface area contributed by atoms with Gasteiger partial charge in [0.1, 0.15) is 11.6 Å². The molecule has 12 heteroatoms. The SMILES string of the molecule is Cc1c(NC(=O)OC(C)(C)C)ccc2nc(N[C@@H](C)C(=O)O)oc(=O)c12.NC(=O)N1CCCC1. The number of ether oxygens (including phenoxy) is 1. The lowest BCUT2D eigenvalue weighted by Crippen LogP contribution is -2.32. The van der Waals surface area contributed by atoms with Crippen LogP contribution in [0.1, 0.15) is 46.1 Å². The van der Waals surface area contributed by atoms with Crippen molar-refractivity contribution < 1.29 is 28.6 Å². The lowest BCUT2D eigenvalue weighted by Gasteiger charge is -2.20. The van der Waals surface area contributed by atoms with Crippen LogP contribution >= 0.6 is 0 Å². The molecule has 3 amide bonds. The molecule has 3 rings (SSSR count). The quantitative estimate of drug-likeness (QED) is 0.515. The van der Waals surface area contributed by atoms with Crippen molar-refractivity contribution in [1.29, 1.82) is 0 Å². The number of hydrogen-bond donors (Lipinski definition) is 4. The zero-order valence-electron chi connectivity index (χ0n) is 19.9. The van der Waals surface area contributed by atoms with E-state index in [9.17, 15) is 19.2 Å². The number of carbonyl (C=O) groups excluding carboxylic acids is 2. The van der Waals surface area contributed by atoms with Crippen molar-refractivity contribution in [3.05, 3.63) is 28.1 Å². The molecule has 0 saturated carbocycles. The molecule has 1 atom stereocenters. The summed E-state index contributed by atoms with van der Waals surface area (Å²) in [5.41, 5.74) is 4.80. The molecule has 0 radical (unpaired) electrons. The summed E-state index contributed by atoms with van der Waals surface area (Å²) >= 11 is 0. The molecule has 34 heavy (non-hydrogen) atoms. The number of urea groups is 1. The van der Waals surface area contributed by atoms with Crippen LogP contribution in [0.2, 0.25) is 0 Å². The third kappa shape index (κ3) is 7.36. The van der Waals surface area contributed by atoms with Gasteiger partial charge in [0.2, 0.25) is 0 Å². The molecule has 1 aromatic carbocycles. The van der Waals surface area contributed by atoms with Crippen molar-refractivity contribution in [3.63, 3.8) is 0 Å². The minimum Gasteiger partial charge on any atom is -0.480 e. The number of nitrogens with two attached hydrogens (primary N) is 1. The summed E-state index contributed by atoms with van der Waals surface area (Å²) in [6.45, 7) is 9.97. The third-order valence-corrected chi connectivity index (χ3v) is 4.82. The zero-order chi connectivity index (χ0) is 25.6. The first-order chi connectivity index (χ1) is 15.8. The second kappa shape index (κ2) is 10.9. The van der Waals surface area contributed by atoms with E-state index in [-0.39, 0.29) is 17.4 Å². The fraction of sp³-hybridized carbons (Fsp3) is 0.500. The van der Waals surface area contributed by atoms with Gasteiger partial charge in [0, 0.05) is 18.8 Å². The Morgan fingerprint density at radius 3 is 2.35 bits per heavy atom. The van der Waals surface area contributed by atoms with Crippen LogP contribution < -0.4 is 22.0 Å². The molecule has 0 spiro atoms. The van der Waals surface area contributed by atoms with Crippen LogP contribution in [0.5, 0.6) is 0 Å². The maximum atomic E-state index is 12.3. The van der Waals surface area contributed by atoms with Crippen LogP contribution in [0.25, 0.3) is 10.9 Å². The van der Waals surface area contributed by atoms with Crippen LogP contribution in [-0.2, 0) is 9.53 Å². The number of carboxylic acid groups (broad SMARTS) is 1. The van der Waals surface area contributed by atoms with E-state index in [2.05, 4.69) is 15.6 Å². The Morgan fingerprint density at radius 2 is 1.85 bits per heavy atom. The Balaban J connectivity index is 0.000000430. The van der Waals surface area contributed by atoms with Gasteiger partial charge in [0.25, 0.3) is 6.01 Å². The van der Waals surface area contributed by atoms with Crippen molar-refractivity contribution in [2.24, 2.45) is 5.73 Å². The number of fused-ring (bicyclic) bond motifs is 1. The van der Waals surface area contributed by atoms with Crippen LogP contribution in [0.15, 0.2) is 21.3 Å². The molecule has 1 fully saturated rings. The topological polar surface area (TPSA) is 177 Å². The van der Waals surface area contributed by atoms with Gasteiger partial charge in [-0.1, -0.05) is 0 Å². The molecular formula is C22H31N5O7. The van der Waals surface area contributed by atoms with E-state index >= 15 is 0 Å². The second-order valence-electron chi connectivity index (χ2n) is 8.80. The van der Waals surface area contributed by atoms with Crippen molar-refractivity contribution in [1.82, 2.24) is 9.88 Å². The van der Waals surface area contributed by atoms with E-state index in [4.69, 9.17) is 20.0 Å². The summed E-state index contributed by atoms with van der Waals surface area (Å²) < 4.78 is 10.2. The molecule has 1 aromatic heterocycles. The van der Waals surface area contributed by atoms with E-state index in [0.29, 0.717) is 16.8 Å². The Bertz CT molecular complexity index is 1120. The molecule has 5 N–H and O–H groups in total. The van der Waals surface area contributed by atoms with Crippen LogP contribution in [-0.4, -0.2) is 57.8 Å². The largest absolute Gasteiger partial charge is 0.480 e. The Hall–Kier alpha value is -3.83. The molecule has 1 aliphatic rings. The van der Waals surface area contributed by atoms with E-state index in [0.717, 1.165) is 25.9 Å². The van der Waals surface area contributed by atoms with Gasteiger partial charge in [-0.2, -0.15) is 4.98 Å². The summed E-state index contributed by atoms with van der Waals surface area (Å²) in [5.74, 6) is -1.11. The third-order valence-electron chi connectivity index (χ3n) is 4.82. The number of hydrogen-bond acceptors (Lipinski definition) is 8. The number of carbonyl (C=O) groups is 3. The number of rotatable bonds is 4. The predicted molar refractivity (Wildman–Crippen MR) is 126 cm³/mol. The monoisotopic (exact) mass is 477 g/mol. The van der Waals surface area contributed by atoms with Crippen LogP contribution in [0, 0.1) is 6.92 Å². The van der Waals surface area contributed by atoms with Crippen molar-refractivity contribution in [2.75, 3.05) is 23.7 Å². The summed E-state index contributed by atoms with van der Waals surface area (Å²) in [7, 11) is 0. The van der Waals surface area contributed by atoms with Gasteiger partial charge in [-0.3, -0.25) is 10.1 Å². The van der Waals surface area contributed by atoms with E-state index in [1.54, 1.807) is 38.7 Å².